The lowest BCUT2D eigenvalue weighted by molar-refractivity contribution is 0.0526. The molecule has 2 aromatic rings. The van der Waals surface area contributed by atoms with E-state index in [-0.39, 0.29) is 5.97 Å². The zero-order valence-corrected chi connectivity index (χ0v) is 11.6. The average molecular weight is 297 g/mol. The smallest absolute Gasteiger partial charge is 0.338 e. The normalized spacial score (nSPS) is 10.8. The first-order chi connectivity index (χ1) is 8.04. The average Bonchev–Trinajstić information content (AvgIpc) is 2.57. The van der Waals surface area contributed by atoms with Crippen LogP contribution < -0.4 is 0 Å². The summed E-state index contributed by atoms with van der Waals surface area (Å²) >= 11 is 3.41. The molecule has 0 saturated heterocycles. The van der Waals surface area contributed by atoms with Crippen LogP contribution in [-0.2, 0) is 4.74 Å². The number of aryl methyl sites for hydroxylation is 2. The minimum absolute atomic E-state index is 0.312. The predicted octanol–water partition coefficient (Wildman–Crippen LogP) is 3.99. The predicted molar refractivity (Wildman–Crippen MR) is 69.3 cm³/mol. The maximum absolute atomic E-state index is 11.7. The molecule has 0 fully saturated rings. The minimum atomic E-state index is -0.312. The first kappa shape index (κ1) is 12.2. The van der Waals surface area contributed by atoms with Crippen molar-refractivity contribution in [3.05, 3.63) is 33.5 Å². The Kier molecular flexibility index (Phi) is 3.24. The lowest BCUT2D eigenvalue weighted by Gasteiger charge is -2.03. The summed E-state index contributed by atoms with van der Waals surface area (Å²) in [5.74, 6) is 0.551. The van der Waals surface area contributed by atoms with Gasteiger partial charge in [-0.1, -0.05) is 0 Å². The van der Waals surface area contributed by atoms with Crippen molar-refractivity contribution in [2.75, 3.05) is 6.61 Å². The van der Waals surface area contributed by atoms with E-state index < -0.39 is 0 Å². The van der Waals surface area contributed by atoms with Crippen LogP contribution in [0, 0.1) is 13.8 Å². The Morgan fingerprint density at radius 1 is 1.41 bits per heavy atom. The van der Waals surface area contributed by atoms with Crippen molar-refractivity contribution in [1.82, 2.24) is 0 Å². The standard InChI is InChI=1S/C13H13BrO3/c1-4-16-13(15)9-5-10-7(2)8(3)17-12(10)11(14)6-9/h5-6H,4H2,1-3H3. The van der Waals surface area contributed by atoms with Crippen molar-refractivity contribution in [1.29, 1.82) is 0 Å². The Morgan fingerprint density at radius 2 is 2.12 bits per heavy atom. The first-order valence-corrected chi connectivity index (χ1v) is 6.20. The number of halogens is 1. The van der Waals surface area contributed by atoms with Gasteiger partial charge in [-0.25, -0.2) is 4.79 Å². The molecule has 1 aromatic heterocycles. The number of fused-ring (bicyclic) bond motifs is 1. The summed E-state index contributed by atoms with van der Waals surface area (Å²) in [5, 5.41) is 0.944. The topological polar surface area (TPSA) is 39.4 Å². The summed E-state index contributed by atoms with van der Waals surface area (Å²) < 4.78 is 11.4. The van der Waals surface area contributed by atoms with Crippen LogP contribution in [0.25, 0.3) is 11.0 Å². The maximum Gasteiger partial charge on any atom is 0.338 e. The second-order valence-electron chi connectivity index (χ2n) is 3.84. The van der Waals surface area contributed by atoms with Crippen LogP contribution in [0.3, 0.4) is 0 Å². The lowest BCUT2D eigenvalue weighted by atomic mass is 10.1. The Hall–Kier alpha value is -1.29. The number of carbonyl (C=O) groups excluding carboxylic acids is 1. The molecule has 0 radical (unpaired) electrons. The van der Waals surface area contributed by atoms with Crippen LogP contribution in [0.2, 0.25) is 0 Å². The molecule has 4 heteroatoms. The highest BCUT2D eigenvalue weighted by Gasteiger charge is 2.15. The third-order valence-corrected chi connectivity index (χ3v) is 3.33. The van der Waals surface area contributed by atoms with E-state index in [0.29, 0.717) is 12.2 Å². The van der Waals surface area contributed by atoms with E-state index in [4.69, 9.17) is 9.15 Å². The van der Waals surface area contributed by atoms with E-state index in [0.717, 1.165) is 26.8 Å². The van der Waals surface area contributed by atoms with E-state index in [9.17, 15) is 4.79 Å². The number of carbonyl (C=O) groups is 1. The summed E-state index contributed by atoms with van der Waals surface area (Å²) in [6, 6.07) is 3.53. The molecule has 3 nitrogen and oxygen atoms in total. The van der Waals surface area contributed by atoms with Crippen LogP contribution in [0.1, 0.15) is 28.6 Å². The van der Waals surface area contributed by atoms with Gasteiger partial charge in [0.05, 0.1) is 16.6 Å². The second kappa shape index (κ2) is 4.53. The van der Waals surface area contributed by atoms with Crippen LogP contribution in [0.4, 0.5) is 0 Å². The highest BCUT2D eigenvalue weighted by molar-refractivity contribution is 9.10. The second-order valence-corrected chi connectivity index (χ2v) is 4.69. The summed E-state index contributed by atoms with van der Waals surface area (Å²) in [6.07, 6.45) is 0. The molecule has 0 N–H and O–H groups in total. The number of esters is 1. The molecule has 1 heterocycles. The van der Waals surface area contributed by atoms with Gasteiger partial charge in [-0.3, -0.25) is 0 Å². The molecule has 2 rings (SSSR count). The van der Waals surface area contributed by atoms with Crippen LogP contribution in [0.15, 0.2) is 21.0 Å². The molecule has 1 aromatic carbocycles. The maximum atomic E-state index is 11.7. The fourth-order valence-electron chi connectivity index (χ4n) is 1.73. The first-order valence-electron chi connectivity index (χ1n) is 5.41. The number of benzene rings is 1. The van der Waals surface area contributed by atoms with Gasteiger partial charge in [-0.05, 0) is 54.4 Å². The molecule has 0 aliphatic carbocycles. The highest BCUT2D eigenvalue weighted by atomic mass is 79.9. The van der Waals surface area contributed by atoms with Gasteiger partial charge in [0.25, 0.3) is 0 Å². The zero-order valence-electron chi connectivity index (χ0n) is 9.96. The van der Waals surface area contributed by atoms with E-state index in [1.165, 1.54) is 0 Å². The highest BCUT2D eigenvalue weighted by Crippen LogP contribution is 2.32. The van der Waals surface area contributed by atoms with E-state index in [1.807, 2.05) is 19.9 Å². The van der Waals surface area contributed by atoms with Crippen molar-refractivity contribution >= 4 is 32.9 Å². The molecule has 90 valence electrons. The van der Waals surface area contributed by atoms with Gasteiger partial charge in [-0.15, -0.1) is 0 Å². The molecule has 0 aliphatic heterocycles. The fraction of sp³-hybridized carbons (Fsp3) is 0.308. The Bertz CT molecular complexity index is 584. The van der Waals surface area contributed by atoms with Gasteiger partial charge in [0, 0.05) is 5.39 Å². The molecule has 0 saturated carbocycles. The van der Waals surface area contributed by atoms with Crippen molar-refractivity contribution < 1.29 is 13.9 Å². The quantitative estimate of drug-likeness (QED) is 0.787. The van der Waals surface area contributed by atoms with Gasteiger partial charge in [-0.2, -0.15) is 0 Å². The van der Waals surface area contributed by atoms with Gasteiger partial charge < -0.3 is 9.15 Å². The van der Waals surface area contributed by atoms with Crippen molar-refractivity contribution in [2.45, 2.75) is 20.8 Å². The van der Waals surface area contributed by atoms with Crippen molar-refractivity contribution in [3.8, 4) is 0 Å². The van der Waals surface area contributed by atoms with Crippen LogP contribution in [-0.4, -0.2) is 12.6 Å². The molecule has 0 bridgehead atoms. The van der Waals surface area contributed by atoms with Crippen molar-refractivity contribution in [2.24, 2.45) is 0 Å². The number of furan rings is 1. The molecular weight excluding hydrogens is 284 g/mol. The monoisotopic (exact) mass is 296 g/mol. The number of ether oxygens (including phenoxy) is 1. The Labute approximate surface area is 108 Å². The molecule has 0 amide bonds. The Morgan fingerprint density at radius 3 is 2.76 bits per heavy atom. The summed E-state index contributed by atoms with van der Waals surface area (Å²) in [7, 11) is 0. The Balaban J connectivity index is 2.61. The number of hydrogen-bond donors (Lipinski definition) is 0. The molecular formula is C13H13BrO3. The molecule has 0 atom stereocenters. The lowest BCUT2D eigenvalue weighted by Crippen LogP contribution is -2.04. The van der Waals surface area contributed by atoms with Gasteiger partial charge in [0.2, 0.25) is 0 Å². The molecule has 0 aliphatic rings. The summed E-state index contributed by atoms with van der Waals surface area (Å²) in [5.41, 5.74) is 2.36. The number of hydrogen-bond acceptors (Lipinski definition) is 3. The SMILES string of the molecule is CCOC(=O)c1cc(Br)c2oc(C)c(C)c2c1. The largest absolute Gasteiger partial charge is 0.462 e. The summed E-state index contributed by atoms with van der Waals surface area (Å²) in [4.78, 5) is 11.7. The summed E-state index contributed by atoms with van der Waals surface area (Å²) in [6.45, 7) is 6.05. The van der Waals surface area contributed by atoms with Gasteiger partial charge >= 0.3 is 5.97 Å². The third-order valence-electron chi connectivity index (χ3n) is 2.74. The number of rotatable bonds is 2. The third kappa shape index (κ3) is 2.09. The van der Waals surface area contributed by atoms with Crippen LogP contribution in [0.5, 0.6) is 0 Å². The van der Waals surface area contributed by atoms with Crippen molar-refractivity contribution in [3.63, 3.8) is 0 Å². The van der Waals surface area contributed by atoms with E-state index in [1.54, 1.807) is 13.0 Å². The zero-order chi connectivity index (χ0) is 12.6. The van der Waals surface area contributed by atoms with E-state index in [2.05, 4.69) is 15.9 Å². The molecule has 0 spiro atoms. The molecule has 0 unspecified atom stereocenters. The minimum Gasteiger partial charge on any atom is -0.462 e. The van der Waals surface area contributed by atoms with E-state index >= 15 is 0 Å². The van der Waals surface area contributed by atoms with Crippen LogP contribution >= 0.6 is 15.9 Å². The van der Waals surface area contributed by atoms with Gasteiger partial charge in [0.1, 0.15) is 11.3 Å². The fourth-order valence-corrected chi connectivity index (χ4v) is 2.27. The molecule has 17 heavy (non-hydrogen) atoms. The van der Waals surface area contributed by atoms with Gasteiger partial charge in [0.15, 0.2) is 0 Å².